The summed E-state index contributed by atoms with van der Waals surface area (Å²) >= 11 is 0. The molecule has 0 aromatic carbocycles. The third-order valence-corrected chi connectivity index (χ3v) is 2.76. The Morgan fingerprint density at radius 1 is 1.29 bits per heavy atom. The van der Waals surface area contributed by atoms with Gasteiger partial charge in [0, 0.05) is 25.9 Å². The molecule has 0 fully saturated rings. The van der Waals surface area contributed by atoms with Gasteiger partial charge in [-0.25, -0.2) is 4.98 Å². The molecule has 8 nitrogen and oxygen atoms in total. The van der Waals surface area contributed by atoms with Crippen molar-refractivity contribution in [2.45, 2.75) is 19.3 Å². The predicted molar refractivity (Wildman–Crippen MR) is 73.4 cm³/mol. The molecular formula is C13H17N5O3. The number of hydrogen-bond donors (Lipinski definition) is 3. The Kier molecular flexibility index (Phi) is 5.50. The van der Waals surface area contributed by atoms with Gasteiger partial charge in [-0.05, 0) is 18.6 Å². The minimum absolute atomic E-state index is 0.104. The van der Waals surface area contributed by atoms with Gasteiger partial charge in [0.2, 0.25) is 5.91 Å². The molecule has 0 aliphatic carbocycles. The molecule has 0 bridgehead atoms. The van der Waals surface area contributed by atoms with Gasteiger partial charge in [0.15, 0.2) is 5.76 Å². The second-order valence-electron chi connectivity index (χ2n) is 4.37. The largest absolute Gasteiger partial charge is 0.459 e. The van der Waals surface area contributed by atoms with Crippen molar-refractivity contribution in [3.8, 4) is 0 Å². The first-order chi connectivity index (χ1) is 10.3. The molecule has 3 N–H and O–H groups in total. The highest BCUT2D eigenvalue weighted by Crippen LogP contribution is 1.98. The Labute approximate surface area is 121 Å². The van der Waals surface area contributed by atoms with E-state index in [0.717, 1.165) is 18.7 Å². The molecule has 2 aromatic heterocycles. The maximum atomic E-state index is 11.6. The Hall–Kier alpha value is -2.64. The highest BCUT2D eigenvalue weighted by Gasteiger charge is 2.08. The monoisotopic (exact) mass is 291 g/mol. The summed E-state index contributed by atoms with van der Waals surface area (Å²) in [6.07, 6.45) is 4.62. The maximum absolute atomic E-state index is 11.6. The zero-order valence-corrected chi connectivity index (χ0v) is 11.5. The SMILES string of the molecule is O=C(CCNC(=O)c1ccco1)NCCCc1ncn[nH]1. The van der Waals surface area contributed by atoms with Gasteiger partial charge in [0.1, 0.15) is 12.2 Å². The lowest BCUT2D eigenvalue weighted by molar-refractivity contribution is -0.120. The summed E-state index contributed by atoms with van der Waals surface area (Å²) in [5.41, 5.74) is 0. The highest BCUT2D eigenvalue weighted by molar-refractivity contribution is 5.91. The Balaban J connectivity index is 1.52. The van der Waals surface area contributed by atoms with Crippen LogP contribution in [0.4, 0.5) is 0 Å². The van der Waals surface area contributed by atoms with Gasteiger partial charge in [-0.3, -0.25) is 14.7 Å². The zero-order chi connectivity index (χ0) is 14.9. The molecule has 0 spiro atoms. The second-order valence-corrected chi connectivity index (χ2v) is 4.37. The molecule has 0 unspecified atom stereocenters. The van der Waals surface area contributed by atoms with E-state index in [1.54, 1.807) is 12.1 Å². The van der Waals surface area contributed by atoms with Gasteiger partial charge in [0.05, 0.1) is 6.26 Å². The number of furan rings is 1. The van der Waals surface area contributed by atoms with Gasteiger partial charge in [-0.15, -0.1) is 0 Å². The molecule has 112 valence electrons. The first-order valence-corrected chi connectivity index (χ1v) is 6.68. The molecule has 21 heavy (non-hydrogen) atoms. The lowest BCUT2D eigenvalue weighted by Crippen LogP contribution is -2.31. The summed E-state index contributed by atoms with van der Waals surface area (Å²) in [4.78, 5) is 27.1. The average molecular weight is 291 g/mol. The Morgan fingerprint density at radius 2 is 2.19 bits per heavy atom. The summed E-state index contributed by atoms with van der Waals surface area (Å²) in [6, 6.07) is 3.20. The molecule has 0 radical (unpaired) electrons. The molecular weight excluding hydrogens is 274 g/mol. The van der Waals surface area contributed by atoms with E-state index in [2.05, 4.69) is 25.8 Å². The van der Waals surface area contributed by atoms with Crippen molar-refractivity contribution in [3.05, 3.63) is 36.3 Å². The zero-order valence-electron chi connectivity index (χ0n) is 11.5. The van der Waals surface area contributed by atoms with E-state index in [1.807, 2.05) is 0 Å². The van der Waals surface area contributed by atoms with Gasteiger partial charge in [-0.2, -0.15) is 5.10 Å². The molecule has 8 heteroatoms. The maximum Gasteiger partial charge on any atom is 0.286 e. The van der Waals surface area contributed by atoms with Gasteiger partial charge >= 0.3 is 0 Å². The normalized spacial score (nSPS) is 10.3. The fraction of sp³-hybridized carbons (Fsp3) is 0.385. The van der Waals surface area contributed by atoms with E-state index in [-0.39, 0.29) is 30.5 Å². The molecule has 0 aliphatic rings. The number of nitrogens with zero attached hydrogens (tertiary/aromatic N) is 2. The van der Waals surface area contributed by atoms with Crippen LogP contribution in [0.3, 0.4) is 0 Å². The van der Waals surface area contributed by atoms with Crippen LogP contribution in [0, 0.1) is 0 Å². The van der Waals surface area contributed by atoms with E-state index < -0.39 is 0 Å². The van der Waals surface area contributed by atoms with Crippen molar-refractivity contribution < 1.29 is 14.0 Å². The number of hydrogen-bond acceptors (Lipinski definition) is 5. The number of rotatable bonds is 8. The topological polar surface area (TPSA) is 113 Å². The van der Waals surface area contributed by atoms with Crippen molar-refractivity contribution in [2.24, 2.45) is 0 Å². The number of carbonyl (C=O) groups excluding carboxylic acids is 2. The molecule has 2 amide bonds. The van der Waals surface area contributed by atoms with E-state index >= 15 is 0 Å². The van der Waals surface area contributed by atoms with Crippen molar-refractivity contribution in [2.75, 3.05) is 13.1 Å². The van der Waals surface area contributed by atoms with Crippen LogP contribution < -0.4 is 10.6 Å². The molecule has 0 atom stereocenters. The third-order valence-electron chi connectivity index (χ3n) is 2.76. The third kappa shape index (κ3) is 5.09. The van der Waals surface area contributed by atoms with Crippen molar-refractivity contribution in [1.29, 1.82) is 0 Å². The van der Waals surface area contributed by atoms with Crippen molar-refractivity contribution >= 4 is 11.8 Å². The first-order valence-electron chi connectivity index (χ1n) is 6.68. The van der Waals surface area contributed by atoms with Crippen LogP contribution in [0.1, 0.15) is 29.2 Å². The van der Waals surface area contributed by atoms with E-state index in [4.69, 9.17) is 4.42 Å². The summed E-state index contributed by atoms with van der Waals surface area (Å²) in [7, 11) is 0. The number of H-pyrrole nitrogens is 1. The number of aromatic nitrogens is 3. The lowest BCUT2D eigenvalue weighted by atomic mass is 10.3. The van der Waals surface area contributed by atoms with Gasteiger partial charge < -0.3 is 15.1 Å². The molecule has 2 heterocycles. The number of nitrogens with one attached hydrogen (secondary N) is 3. The van der Waals surface area contributed by atoms with Crippen LogP contribution >= 0.6 is 0 Å². The highest BCUT2D eigenvalue weighted by atomic mass is 16.3. The Bertz CT molecular complexity index is 550. The fourth-order valence-corrected chi connectivity index (χ4v) is 1.71. The minimum atomic E-state index is -0.321. The van der Waals surface area contributed by atoms with Crippen LogP contribution in [-0.4, -0.2) is 40.1 Å². The second kappa shape index (κ2) is 7.83. The van der Waals surface area contributed by atoms with Crippen LogP contribution in [-0.2, 0) is 11.2 Å². The van der Waals surface area contributed by atoms with E-state index in [1.165, 1.54) is 12.6 Å². The molecule has 2 rings (SSSR count). The number of aryl methyl sites for hydroxylation is 1. The lowest BCUT2D eigenvalue weighted by Gasteiger charge is -2.05. The number of carbonyl (C=O) groups is 2. The van der Waals surface area contributed by atoms with E-state index in [9.17, 15) is 9.59 Å². The fourth-order valence-electron chi connectivity index (χ4n) is 1.71. The molecule has 0 saturated carbocycles. The average Bonchev–Trinajstić information content (AvgIpc) is 3.16. The summed E-state index contributed by atoms with van der Waals surface area (Å²) in [6.45, 7) is 0.832. The van der Waals surface area contributed by atoms with Crippen LogP contribution in [0.25, 0.3) is 0 Å². The number of amides is 2. The summed E-state index contributed by atoms with van der Waals surface area (Å²) in [5.74, 6) is 0.614. The van der Waals surface area contributed by atoms with Gasteiger partial charge in [0.25, 0.3) is 5.91 Å². The van der Waals surface area contributed by atoms with Crippen LogP contribution in [0.15, 0.2) is 29.1 Å². The smallest absolute Gasteiger partial charge is 0.286 e. The number of aromatic amines is 1. The molecule has 0 saturated heterocycles. The molecule has 2 aromatic rings. The van der Waals surface area contributed by atoms with Crippen LogP contribution in [0.2, 0.25) is 0 Å². The Morgan fingerprint density at radius 3 is 2.90 bits per heavy atom. The summed E-state index contributed by atoms with van der Waals surface area (Å²) < 4.78 is 4.94. The van der Waals surface area contributed by atoms with Crippen molar-refractivity contribution in [1.82, 2.24) is 25.8 Å². The molecule has 0 aliphatic heterocycles. The van der Waals surface area contributed by atoms with Crippen molar-refractivity contribution in [3.63, 3.8) is 0 Å². The van der Waals surface area contributed by atoms with Crippen LogP contribution in [0.5, 0.6) is 0 Å². The minimum Gasteiger partial charge on any atom is -0.459 e. The first kappa shape index (κ1) is 14.8. The quantitative estimate of drug-likeness (QED) is 0.604. The standard InChI is InChI=1S/C13H17N5O3/c19-12(14-6-1-4-11-16-9-17-18-11)5-7-15-13(20)10-3-2-8-21-10/h2-3,8-9H,1,4-7H2,(H,14,19)(H,15,20)(H,16,17,18). The summed E-state index contributed by atoms with van der Waals surface area (Å²) in [5, 5.41) is 11.9. The van der Waals surface area contributed by atoms with Gasteiger partial charge in [-0.1, -0.05) is 0 Å². The van der Waals surface area contributed by atoms with E-state index in [0.29, 0.717) is 6.54 Å². The predicted octanol–water partition coefficient (Wildman–Crippen LogP) is 0.267.